The fourth-order valence-electron chi connectivity index (χ4n) is 1.65. The standard InChI is InChI=1S/C11H19N3O/c1-11(2,3)14-5-4-10(12-14)13-6-8-15-9-7-13/h4-5H,6-9H2,1-3H3. The number of ether oxygens (including phenoxy) is 1. The molecule has 2 heterocycles. The highest BCUT2D eigenvalue weighted by atomic mass is 16.5. The Morgan fingerprint density at radius 3 is 2.47 bits per heavy atom. The Labute approximate surface area is 90.8 Å². The molecule has 0 bridgehead atoms. The van der Waals surface area contributed by atoms with E-state index in [1.807, 2.05) is 10.9 Å². The summed E-state index contributed by atoms with van der Waals surface area (Å²) in [5.74, 6) is 1.06. The summed E-state index contributed by atoms with van der Waals surface area (Å²) in [4.78, 5) is 2.27. The Hall–Kier alpha value is -1.03. The minimum atomic E-state index is 0.0601. The largest absolute Gasteiger partial charge is 0.378 e. The quantitative estimate of drug-likeness (QED) is 0.701. The second kappa shape index (κ2) is 3.85. The van der Waals surface area contributed by atoms with Crippen molar-refractivity contribution < 1.29 is 4.74 Å². The molecule has 0 aromatic carbocycles. The Bertz CT molecular complexity index is 321. The zero-order valence-corrected chi connectivity index (χ0v) is 9.73. The third kappa shape index (κ3) is 2.31. The van der Waals surface area contributed by atoms with Gasteiger partial charge in [0.15, 0.2) is 5.82 Å². The lowest BCUT2D eigenvalue weighted by molar-refractivity contribution is 0.122. The Morgan fingerprint density at radius 1 is 1.27 bits per heavy atom. The molecule has 4 heteroatoms. The molecule has 0 radical (unpaired) electrons. The highest BCUT2D eigenvalue weighted by molar-refractivity contribution is 5.37. The normalized spacial score (nSPS) is 18.2. The number of nitrogens with zero attached hydrogens (tertiary/aromatic N) is 3. The predicted octanol–water partition coefficient (Wildman–Crippen LogP) is 1.47. The molecular formula is C11H19N3O. The van der Waals surface area contributed by atoms with Gasteiger partial charge in [-0.25, -0.2) is 0 Å². The molecule has 1 aromatic rings. The van der Waals surface area contributed by atoms with Crippen LogP contribution >= 0.6 is 0 Å². The maximum atomic E-state index is 5.32. The summed E-state index contributed by atoms with van der Waals surface area (Å²) in [5, 5.41) is 4.59. The van der Waals surface area contributed by atoms with Crippen LogP contribution < -0.4 is 4.90 Å². The molecular weight excluding hydrogens is 190 g/mol. The van der Waals surface area contributed by atoms with Gasteiger partial charge in [0.1, 0.15) is 0 Å². The van der Waals surface area contributed by atoms with E-state index < -0.39 is 0 Å². The Balaban J connectivity index is 2.12. The first-order valence-corrected chi connectivity index (χ1v) is 5.46. The van der Waals surface area contributed by atoms with E-state index in [9.17, 15) is 0 Å². The van der Waals surface area contributed by atoms with Gasteiger partial charge < -0.3 is 9.64 Å². The monoisotopic (exact) mass is 209 g/mol. The molecule has 1 aliphatic rings. The van der Waals surface area contributed by atoms with Crippen LogP contribution in [0.5, 0.6) is 0 Å². The smallest absolute Gasteiger partial charge is 0.150 e. The van der Waals surface area contributed by atoms with Gasteiger partial charge in [0.25, 0.3) is 0 Å². The van der Waals surface area contributed by atoms with Crippen LogP contribution in [0, 0.1) is 0 Å². The first-order chi connectivity index (χ1) is 7.07. The number of anilines is 1. The molecule has 0 aliphatic carbocycles. The summed E-state index contributed by atoms with van der Waals surface area (Å²) in [5.41, 5.74) is 0.0601. The molecule has 15 heavy (non-hydrogen) atoms. The summed E-state index contributed by atoms with van der Waals surface area (Å²) < 4.78 is 7.33. The summed E-state index contributed by atoms with van der Waals surface area (Å²) >= 11 is 0. The number of hydrogen-bond acceptors (Lipinski definition) is 3. The fourth-order valence-corrected chi connectivity index (χ4v) is 1.65. The van der Waals surface area contributed by atoms with Crippen molar-refractivity contribution in [1.82, 2.24) is 9.78 Å². The number of rotatable bonds is 1. The molecule has 1 fully saturated rings. The molecule has 1 aliphatic heterocycles. The lowest BCUT2D eigenvalue weighted by Gasteiger charge is -2.27. The lowest BCUT2D eigenvalue weighted by Crippen LogP contribution is -2.36. The minimum absolute atomic E-state index is 0.0601. The average molecular weight is 209 g/mol. The SMILES string of the molecule is CC(C)(C)n1ccc(N2CCOCC2)n1. The van der Waals surface area contributed by atoms with E-state index in [1.165, 1.54) is 0 Å². The van der Waals surface area contributed by atoms with Crippen LogP contribution in [0.3, 0.4) is 0 Å². The maximum Gasteiger partial charge on any atom is 0.150 e. The first-order valence-electron chi connectivity index (χ1n) is 5.46. The van der Waals surface area contributed by atoms with Crippen LogP contribution in [0.25, 0.3) is 0 Å². The van der Waals surface area contributed by atoms with Gasteiger partial charge in [0.2, 0.25) is 0 Å². The summed E-state index contributed by atoms with van der Waals surface area (Å²) in [6, 6.07) is 2.08. The third-order valence-electron chi connectivity index (χ3n) is 2.60. The fraction of sp³-hybridized carbons (Fsp3) is 0.727. The van der Waals surface area contributed by atoms with Gasteiger partial charge in [-0.15, -0.1) is 0 Å². The van der Waals surface area contributed by atoms with E-state index >= 15 is 0 Å². The summed E-state index contributed by atoms with van der Waals surface area (Å²) in [6.45, 7) is 9.97. The van der Waals surface area contributed by atoms with Crippen molar-refractivity contribution in [2.75, 3.05) is 31.2 Å². The molecule has 0 atom stereocenters. The topological polar surface area (TPSA) is 30.3 Å². The summed E-state index contributed by atoms with van der Waals surface area (Å²) in [7, 11) is 0. The van der Waals surface area contributed by atoms with Crippen molar-refractivity contribution in [3.63, 3.8) is 0 Å². The molecule has 1 saturated heterocycles. The molecule has 0 spiro atoms. The van der Waals surface area contributed by atoms with E-state index in [4.69, 9.17) is 4.74 Å². The van der Waals surface area contributed by atoms with Gasteiger partial charge >= 0.3 is 0 Å². The maximum absolute atomic E-state index is 5.32. The molecule has 0 amide bonds. The highest BCUT2D eigenvalue weighted by Gasteiger charge is 2.17. The van der Waals surface area contributed by atoms with Crippen LogP contribution in [0.1, 0.15) is 20.8 Å². The second-order valence-electron chi connectivity index (χ2n) is 4.89. The molecule has 0 saturated carbocycles. The van der Waals surface area contributed by atoms with Crippen LogP contribution in [-0.2, 0) is 10.3 Å². The summed E-state index contributed by atoms with van der Waals surface area (Å²) in [6.07, 6.45) is 2.05. The van der Waals surface area contributed by atoms with Crippen molar-refractivity contribution >= 4 is 5.82 Å². The third-order valence-corrected chi connectivity index (χ3v) is 2.60. The van der Waals surface area contributed by atoms with Gasteiger partial charge in [-0.3, -0.25) is 4.68 Å². The van der Waals surface area contributed by atoms with Gasteiger partial charge in [-0.05, 0) is 20.8 Å². The van der Waals surface area contributed by atoms with Crippen molar-refractivity contribution in [1.29, 1.82) is 0 Å². The van der Waals surface area contributed by atoms with Crippen LogP contribution in [0.15, 0.2) is 12.3 Å². The van der Waals surface area contributed by atoms with Crippen LogP contribution in [0.2, 0.25) is 0 Å². The first kappa shape index (κ1) is 10.5. The van der Waals surface area contributed by atoms with Crippen molar-refractivity contribution in [3.05, 3.63) is 12.3 Å². The van der Waals surface area contributed by atoms with E-state index in [-0.39, 0.29) is 5.54 Å². The van der Waals surface area contributed by atoms with Gasteiger partial charge in [-0.1, -0.05) is 0 Å². The van der Waals surface area contributed by atoms with Crippen molar-refractivity contribution in [2.24, 2.45) is 0 Å². The zero-order valence-electron chi connectivity index (χ0n) is 9.73. The van der Waals surface area contributed by atoms with Crippen LogP contribution in [0.4, 0.5) is 5.82 Å². The number of hydrogen-bond donors (Lipinski definition) is 0. The second-order valence-corrected chi connectivity index (χ2v) is 4.89. The van der Waals surface area contributed by atoms with Gasteiger partial charge in [0, 0.05) is 25.4 Å². The zero-order chi connectivity index (χ0) is 10.9. The Morgan fingerprint density at radius 2 is 1.93 bits per heavy atom. The van der Waals surface area contributed by atoms with Crippen LogP contribution in [-0.4, -0.2) is 36.1 Å². The molecule has 0 N–H and O–H groups in total. The molecule has 0 unspecified atom stereocenters. The van der Waals surface area contributed by atoms with E-state index in [2.05, 4.69) is 36.8 Å². The average Bonchev–Trinajstić information content (AvgIpc) is 2.67. The number of morpholine rings is 1. The lowest BCUT2D eigenvalue weighted by atomic mass is 10.1. The Kier molecular flexibility index (Phi) is 2.69. The number of aromatic nitrogens is 2. The van der Waals surface area contributed by atoms with Gasteiger partial charge in [-0.2, -0.15) is 5.10 Å². The molecule has 2 rings (SSSR count). The van der Waals surface area contributed by atoms with E-state index in [1.54, 1.807) is 0 Å². The molecule has 84 valence electrons. The minimum Gasteiger partial charge on any atom is -0.378 e. The highest BCUT2D eigenvalue weighted by Crippen LogP contribution is 2.18. The van der Waals surface area contributed by atoms with E-state index in [0.29, 0.717) is 0 Å². The molecule has 4 nitrogen and oxygen atoms in total. The molecule has 1 aromatic heterocycles. The van der Waals surface area contributed by atoms with Crippen molar-refractivity contribution in [2.45, 2.75) is 26.3 Å². The predicted molar refractivity (Wildman–Crippen MR) is 60.3 cm³/mol. The van der Waals surface area contributed by atoms with Gasteiger partial charge in [0.05, 0.1) is 18.8 Å². The van der Waals surface area contributed by atoms with Crippen molar-refractivity contribution in [3.8, 4) is 0 Å². The van der Waals surface area contributed by atoms with E-state index in [0.717, 1.165) is 32.1 Å².